The number of hydrogen-bond donors (Lipinski definition) is 1. The number of carbonyl (C=O) groups excluding carboxylic acids is 2. The molecule has 2 aromatic heterocycles. The molecule has 0 spiro atoms. The third kappa shape index (κ3) is 4.41. The lowest BCUT2D eigenvalue weighted by molar-refractivity contribution is -0.144. The summed E-state index contributed by atoms with van der Waals surface area (Å²) in [7, 11) is 1.11. The van der Waals surface area contributed by atoms with E-state index < -0.39 is 33.9 Å². The van der Waals surface area contributed by atoms with Gasteiger partial charge in [0.1, 0.15) is 5.00 Å². The number of esters is 1. The van der Waals surface area contributed by atoms with Gasteiger partial charge in [-0.25, -0.2) is 4.79 Å². The number of amides is 1. The second-order valence-corrected chi connectivity index (χ2v) is 9.02. The van der Waals surface area contributed by atoms with E-state index in [2.05, 4.69) is 26.3 Å². The molecule has 1 amide bonds. The minimum absolute atomic E-state index is 0.284. The topological polar surface area (TPSA) is 73.2 Å². The van der Waals surface area contributed by atoms with Crippen LogP contribution in [0, 0.1) is 0 Å². The molecule has 0 saturated carbocycles. The smallest absolute Gasteiger partial charge is 0.434 e. The summed E-state index contributed by atoms with van der Waals surface area (Å²) in [6.07, 6.45) is -0.959. The first-order valence-corrected chi connectivity index (χ1v) is 11.1. The van der Waals surface area contributed by atoms with Crippen LogP contribution in [0.5, 0.6) is 0 Å². The number of anilines is 1. The Hall–Kier alpha value is -1.88. The van der Waals surface area contributed by atoms with E-state index in [0.29, 0.717) is 23.1 Å². The normalized spacial score (nSPS) is 14.9. The minimum Gasteiger partial charge on any atom is -0.459 e. The van der Waals surface area contributed by atoms with Crippen LogP contribution in [-0.4, -0.2) is 27.8 Å². The Labute approximate surface area is 183 Å². The Morgan fingerprint density at radius 3 is 2.60 bits per heavy atom. The Balaban J connectivity index is 1.96. The van der Waals surface area contributed by atoms with Crippen molar-refractivity contribution in [2.24, 2.45) is 7.05 Å². The number of nitrogens with one attached hydrogen (secondary N) is 1. The van der Waals surface area contributed by atoms with E-state index in [1.54, 1.807) is 6.92 Å². The summed E-state index contributed by atoms with van der Waals surface area (Å²) in [6, 6.07) is 0. The largest absolute Gasteiger partial charge is 0.459 e. The number of thiophene rings is 1. The highest BCUT2D eigenvalue weighted by Crippen LogP contribution is 2.40. The first-order chi connectivity index (χ1) is 14.0. The average molecular weight is 508 g/mol. The molecule has 6 nitrogen and oxygen atoms in total. The standard InChI is InChI=1S/C19H21BrF3N3O3S/c1-4-9(2)29-18(28)12-10-7-5-6-8-11(10)30-17(12)24-16(27)14-13(20)15(19(21,22)23)26(3)25-14/h9H,4-8H2,1-3H3,(H,24,27). The molecule has 1 unspecified atom stereocenters. The molecule has 1 atom stereocenters. The van der Waals surface area contributed by atoms with Gasteiger partial charge >= 0.3 is 12.1 Å². The van der Waals surface area contributed by atoms with Crippen LogP contribution < -0.4 is 5.32 Å². The zero-order valence-electron chi connectivity index (χ0n) is 16.7. The number of fused-ring (bicyclic) bond motifs is 1. The maximum absolute atomic E-state index is 13.2. The lowest BCUT2D eigenvalue weighted by Gasteiger charge is -2.15. The SMILES string of the molecule is CCC(C)OC(=O)c1c(NC(=O)c2nn(C)c(C(F)(F)F)c2Br)sc2c1CCCC2. The molecule has 0 aromatic carbocycles. The van der Waals surface area contributed by atoms with Gasteiger partial charge in [0.05, 0.1) is 16.1 Å². The molecule has 2 heterocycles. The van der Waals surface area contributed by atoms with E-state index in [1.807, 2.05) is 6.92 Å². The molecule has 0 fully saturated rings. The van der Waals surface area contributed by atoms with Crippen LogP contribution in [0.2, 0.25) is 0 Å². The molecule has 1 aliphatic carbocycles. The van der Waals surface area contributed by atoms with Crippen molar-refractivity contribution in [2.75, 3.05) is 5.32 Å². The van der Waals surface area contributed by atoms with Crippen LogP contribution in [0.15, 0.2) is 4.47 Å². The molecule has 30 heavy (non-hydrogen) atoms. The Bertz CT molecular complexity index is 984. The molecule has 0 radical (unpaired) electrons. The minimum atomic E-state index is -4.67. The zero-order chi connectivity index (χ0) is 22.2. The van der Waals surface area contributed by atoms with Gasteiger partial charge in [-0.15, -0.1) is 11.3 Å². The van der Waals surface area contributed by atoms with Crippen molar-refractivity contribution in [1.29, 1.82) is 0 Å². The Morgan fingerprint density at radius 2 is 2.00 bits per heavy atom. The number of aryl methyl sites for hydroxylation is 2. The highest BCUT2D eigenvalue weighted by atomic mass is 79.9. The summed E-state index contributed by atoms with van der Waals surface area (Å²) in [4.78, 5) is 26.6. The van der Waals surface area contributed by atoms with Crippen LogP contribution >= 0.6 is 27.3 Å². The van der Waals surface area contributed by atoms with Gasteiger partial charge in [0.15, 0.2) is 11.4 Å². The third-order valence-corrected chi connectivity index (χ3v) is 6.92. The molecule has 3 rings (SSSR count). The van der Waals surface area contributed by atoms with Crippen molar-refractivity contribution < 1.29 is 27.5 Å². The maximum Gasteiger partial charge on any atom is 0.434 e. The lowest BCUT2D eigenvalue weighted by atomic mass is 9.95. The molecule has 2 aromatic rings. The van der Waals surface area contributed by atoms with Crippen molar-refractivity contribution in [3.05, 3.63) is 31.9 Å². The predicted molar refractivity (Wildman–Crippen MR) is 110 cm³/mol. The van der Waals surface area contributed by atoms with E-state index in [-0.39, 0.29) is 11.1 Å². The van der Waals surface area contributed by atoms with Crippen LogP contribution in [0.3, 0.4) is 0 Å². The van der Waals surface area contributed by atoms with Crippen molar-refractivity contribution in [1.82, 2.24) is 9.78 Å². The van der Waals surface area contributed by atoms with Crippen LogP contribution in [0.1, 0.15) is 70.1 Å². The fourth-order valence-electron chi connectivity index (χ4n) is 3.31. The monoisotopic (exact) mass is 507 g/mol. The van der Waals surface area contributed by atoms with E-state index in [4.69, 9.17) is 4.74 Å². The summed E-state index contributed by atoms with van der Waals surface area (Å²) < 4.78 is 45.3. The van der Waals surface area contributed by atoms with E-state index in [0.717, 1.165) is 36.8 Å². The summed E-state index contributed by atoms with van der Waals surface area (Å²) in [5.74, 6) is -1.36. The second kappa shape index (κ2) is 8.70. The Kier molecular flexibility index (Phi) is 6.61. The molecule has 0 bridgehead atoms. The second-order valence-electron chi connectivity index (χ2n) is 7.13. The number of nitrogens with zero attached hydrogens (tertiary/aromatic N) is 2. The molecule has 1 aliphatic rings. The first kappa shape index (κ1) is 22.8. The highest BCUT2D eigenvalue weighted by Gasteiger charge is 2.40. The molecular weight excluding hydrogens is 487 g/mol. The predicted octanol–water partition coefficient (Wildman–Crippen LogP) is 5.35. The van der Waals surface area contributed by atoms with Gasteiger partial charge in [-0.2, -0.15) is 18.3 Å². The van der Waals surface area contributed by atoms with Gasteiger partial charge in [0.25, 0.3) is 5.91 Å². The number of rotatable bonds is 5. The van der Waals surface area contributed by atoms with E-state index in [1.165, 1.54) is 11.3 Å². The highest BCUT2D eigenvalue weighted by molar-refractivity contribution is 9.10. The number of halogens is 4. The fraction of sp³-hybridized carbons (Fsp3) is 0.526. The Morgan fingerprint density at radius 1 is 1.33 bits per heavy atom. The summed E-state index contributed by atoms with van der Waals surface area (Å²) in [5.41, 5.74) is -0.315. The number of aromatic nitrogens is 2. The molecule has 0 aliphatic heterocycles. The van der Waals surface area contributed by atoms with Crippen molar-refractivity contribution in [3.63, 3.8) is 0 Å². The van der Waals surface area contributed by atoms with Crippen molar-refractivity contribution >= 4 is 44.1 Å². The van der Waals surface area contributed by atoms with Gasteiger partial charge in [0, 0.05) is 11.9 Å². The summed E-state index contributed by atoms with van der Waals surface area (Å²) >= 11 is 4.11. The zero-order valence-corrected chi connectivity index (χ0v) is 19.1. The van der Waals surface area contributed by atoms with Crippen LogP contribution in [0.25, 0.3) is 0 Å². The first-order valence-electron chi connectivity index (χ1n) is 9.51. The maximum atomic E-state index is 13.2. The van der Waals surface area contributed by atoms with Gasteiger partial charge in [-0.1, -0.05) is 6.92 Å². The van der Waals surface area contributed by atoms with Crippen LogP contribution in [-0.2, 0) is 30.8 Å². The van der Waals surface area contributed by atoms with Gasteiger partial charge in [-0.05, 0) is 60.5 Å². The summed E-state index contributed by atoms with van der Waals surface area (Å²) in [5, 5.41) is 6.60. The van der Waals surface area contributed by atoms with Gasteiger partial charge in [0.2, 0.25) is 0 Å². The summed E-state index contributed by atoms with van der Waals surface area (Å²) in [6.45, 7) is 3.67. The van der Waals surface area contributed by atoms with Gasteiger partial charge in [-0.3, -0.25) is 9.48 Å². The number of alkyl halides is 3. The van der Waals surface area contributed by atoms with E-state index in [9.17, 15) is 22.8 Å². The molecule has 0 saturated heterocycles. The molecule has 164 valence electrons. The lowest BCUT2D eigenvalue weighted by Crippen LogP contribution is -2.19. The molecule has 11 heteroatoms. The quantitative estimate of drug-likeness (QED) is 0.553. The molecule has 1 N–H and O–H groups in total. The number of hydrogen-bond acceptors (Lipinski definition) is 5. The van der Waals surface area contributed by atoms with Crippen molar-refractivity contribution in [2.45, 2.75) is 58.2 Å². The van der Waals surface area contributed by atoms with Crippen molar-refractivity contribution in [3.8, 4) is 0 Å². The average Bonchev–Trinajstić information content (AvgIpc) is 3.17. The van der Waals surface area contributed by atoms with E-state index >= 15 is 0 Å². The van der Waals surface area contributed by atoms with Gasteiger partial charge < -0.3 is 10.1 Å². The van der Waals surface area contributed by atoms with Crippen LogP contribution in [0.4, 0.5) is 18.2 Å². The number of ether oxygens (including phenoxy) is 1. The number of carbonyl (C=O) groups is 2. The fourth-order valence-corrected chi connectivity index (χ4v) is 5.32. The third-order valence-electron chi connectivity index (χ3n) is 4.96. The molecular formula is C19H21BrF3N3O3S.